The van der Waals surface area contributed by atoms with Crippen molar-refractivity contribution >= 4 is 43.5 Å². The molecular weight excluding hydrogens is 587 g/mol. The van der Waals surface area contributed by atoms with Gasteiger partial charge in [-0.25, -0.2) is 17.8 Å². The van der Waals surface area contributed by atoms with Gasteiger partial charge < -0.3 is 19.0 Å². The normalized spacial score (nSPS) is 12.7. The number of nitrogens with zero attached hydrogens (tertiary/aromatic N) is 5. The number of rotatable bonds is 5. The molecule has 2 aromatic carbocycles. The van der Waals surface area contributed by atoms with Gasteiger partial charge in [-0.05, 0) is 43.3 Å². The SMILES string of the molecule is CNC(=O)c1c(-c2cn(C)nc2C)oc2cc(N(C)S(C)(=O)=O)c(-c3ccc4c(n3)-c3cc5c(F)cccc5n3CO4)cc12. The lowest BCUT2D eigenvalue weighted by atomic mass is 10.0. The van der Waals surface area contributed by atoms with Crippen LogP contribution in [0.5, 0.6) is 5.75 Å². The van der Waals surface area contributed by atoms with E-state index in [9.17, 15) is 17.6 Å². The molecule has 1 amide bonds. The topological polar surface area (TPSA) is 124 Å². The zero-order chi connectivity index (χ0) is 31.1. The number of pyridine rings is 1. The smallest absolute Gasteiger partial charge is 0.255 e. The van der Waals surface area contributed by atoms with Gasteiger partial charge in [-0.1, -0.05) is 6.07 Å². The Bertz CT molecular complexity index is 2280. The molecule has 0 fully saturated rings. The van der Waals surface area contributed by atoms with Crippen molar-refractivity contribution in [3.05, 3.63) is 71.8 Å². The molecule has 0 unspecified atom stereocenters. The van der Waals surface area contributed by atoms with E-state index in [0.29, 0.717) is 73.0 Å². The first-order chi connectivity index (χ1) is 21.0. The van der Waals surface area contributed by atoms with E-state index < -0.39 is 10.0 Å². The zero-order valence-corrected chi connectivity index (χ0v) is 25.3. The van der Waals surface area contributed by atoms with Crippen LogP contribution < -0.4 is 14.4 Å². The Morgan fingerprint density at radius 3 is 2.61 bits per heavy atom. The number of aryl methyl sites for hydroxylation is 2. The molecule has 0 radical (unpaired) electrons. The summed E-state index contributed by atoms with van der Waals surface area (Å²) < 4.78 is 57.2. The number of benzene rings is 2. The van der Waals surface area contributed by atoms with Crippen LogP contribution in [-0.2, 0) is 23.8 Å². The quantitative estimate of drug-likeness (QED) is 0.288. The van der Waals surface area contributed by atoms with E-state index in [1.165, 1.54) is 20.2 Å². The van der Waals surface area contributed by atoms with E-state index >= 15 is 0 Å². The lowest BCUT2D eigenvalue weighted by molar-refractivity contribution is 0.0964. The van der Waals surface area contributed by atoms with Crippen LogP contribution in [-0.4, -0.2) is 54.0 Å². The third-order valence-corrected chi connectivity index (χ3v) is 9.17. The van der Waals surface area contributed by atoms with E-state index in [-0.39, 0.29) is 24.0 Å². The number of anilines is 1. The van der Waals surface area contributed by atoms with Crippen LogP contribution in [0.1, 0.15) is 16.1 Å². The molecule has 4 aromatic heterocycles. The molecule has 1 N–H and O–H groups in total. The van der Waals surface area contributed by atoms with Gasteiger partial charge in [-0.15, -0.1) is 0 Å². The van der Waals surface area contributed by atoms with Gasteiger partial charge in [0, 0.05) is 49.7 Å². The number of halogens is 1. The lowest BCUT2D eigenvalue weighted by Gasteiger charge is -2.23. The van der Waals surface area contributed by atoms with Crippen molar-refractivity contribution in [3.8, 4) is 39.7 Å². The molecule has 5 heterocycles. The zero-order valence-electron chi connectivity index (χ0n) is 24.5. The number of carbonyl (C=O) groups is 1. The molecule has 0 aliphatic carbocycles. The van der Waals surface area contributed by atoms with E-state index in [1.807, 2.05) is 17.6 Å². The number of nitrogens with one attached hydrogen (secondary N) is 1. The van der Waals surface area contributed by atoms with Gasteiger partial charge in [0.1, 0.15) is 22.8 Å². The Labute approximate surface area is 251 Å². The Kier molecular flexibility index (Phi) is 6.08. The average molecular weight is 615 g/mol. The second-order valence-electron chi connectivity index (χ2n) is 10.7. The van der Waals surface area contributed by atoms with Crippen LogP contribution in [0.4, 0.5) is 10.1 Å². The summed E-state index contributed by atoms with van der Waals surface area (Å²) in [5.41, 5.74) is 4.85. The summed E-state index contributed by atoms with van der Waals surface area (Å²) in [6.45, 7) is 2.00. The summed E-state index contributed by atoms with van der Waals surface area (Å²) >= 11 is 0. The van der Waals surface area contributed by atoms with Crippen molar-refractivity contribution in [2.75, 3.05) is 24.7 Å². The van der Waals surface area contributed by atoms with E-state index in [1.54, 1.807) is 54.3 Å². The second kappa shape index (κ2) is 9.67. The number of hydrogen-bond donors (Lipinski definition) is 1. The van der Waals surface area contributed by atoms with Gasteiger partial charge in [0.2, 0.25) is 10.0 Å². The second-order valence-corrected chi connectivity index (χ2v) is 12.7. The number of hydrogen-bond acceptors (Lipinski definition) is 7. The first-order valence-electron chi connectivity index (χ1n) is 13.7. The molecule has 1 aliphatic heterocycles. The fourth-order valence-electron chi connectivity index (χ4n) is 5.75. The standard InChI is InChI=1S/C31H27FN6O5S/c1-16-20(14-36(3)35-16)30-28(31(39)33-2)19-11-18(24(13-27(19)43-30)37(4)44(5,40)41)22-9-10-26-29(34-22)25-12-17-21(32)7-6-8-23(17)38(25)15-42-26/h6-14H,15H2,1-5H3,(H,33,39). The maximum Gasteiger partial charge on any atom is 0.255 e. The van der Waals surface area contributed by atoms with Crippen molar-refractivity contribution in [1.82, 2.24) is 24.6 Å². The summed E-state index contributed by atoms with van der Waals surface area (Å²) in [6, 6.07) is 13.4. The summed E-state index contributed by atoms with van der Waals surface area (Å²) in [4.78, 5) is 18.2. The maximum absolute atomic E-state index is 14.7. The summed E-state index contributed by atoms with van der Waals surface area (Å²) in [5, 5.41) is 7.99. The highest BCUT2D eigenvalue weighted by Gasteiger charge is 2.29. The number of carbonyl (C=O) groups excluding carboxylic acids is 1. The van der Waals surface area contributed by atoms with Gasteiger partial charge in [-0.2, -0.15) is 5.10 Å². The lowest BCUT2D eigenvalue weighted by Crippen LogP contribution is -2.25. The molecule has 44 heavy (non-hydrogen) atoms. The average Bonchev–Trinajstić information content (AvgIpc) is 3.67. The molecule has 0 atom stereocenters. The fourth-order valence-corrected chi connectivity index (χ4v) is 6.26. The molecule has 0 spiro atoms. The van der Waals surface area contributed by atoms with Crippen LogP contribution in [0, 0.1) is 12.7 Å². The summed E-state index contributed by atoms with van der Waals surface area (Å²) in [5.74, 6) is 0.0853. The Morgan fingerprint density at radius 1 is 1.11 bits per heavy atom. The highest BCUT2D eigenvalue weighted by Crippen LogP contribution is 2.44. The predicted molar refractivity (Wildman–Crippen MR) is 165 cm³/mol. The Balaban J connectivity index is 1.51. The minimum absolute atomic E-state index is 0.186. The van der Waals surface area contributed by atoms with E-state index in [2.05, 4.69) is 10.4 Å². The van der Waals surface area contributed by atoms with Crippen LogP contribution >= 0.6 is 0 Å². The summed E-state index contributed by atoms with van der Waals surface area (Å²) in [6.07, 6.45) is 2.86. The van der Waals surface area contributed by atoms with Crippen LogP contribution in [0.25, 0.3) is 55.8 Å². The molecule has 0 saturated heterocycles. The summed E-state index contributed by atoms with van der Waals surface area (Å²) in [7, 11) is 1.02. The van der Waals surface area contributed by atoms with Gasteiger partial charge in [0.25, 0.3) is 5.91 Å². The first kappa shape index (κ1) is 27.7. The van der Waals surface area contributed by atoms with Crippen LogP contribution in [0.3, 0.4) is 0 Å². The third kappa shape index (κ3) is 4.14. The van der Waals surface area contributed by atoms with E-state index in [4.69, 9.17) is 14.1 Å². The Hall–Kier alpha value is -5.17. The van der Waals surface area contributed by atoms with E-state index in [0.717, 1.165) is 10.6 Å². The van der Waals surface area contributed by atoms with Crippen LogP contribution in [0.15, 0.2) is 59.1 Å². The van der Waals surface area contributed by atoms with Gasteiger partial charge in [0.15, 0.2) is 12.5 Å². The largest absolute Gasteiger partial charge is 0.470 e. The first-order valence-corrected chi connectivity index (χ1v) is 15.5. The molecule has 13 heteroatoms. The van der Waals surface area contributed by atoms with Gasteiger partial charge >= 0.3 is 0 Å². The van der Waals surface area contributed by atoms with Crippen molar-refractivity contribution in [2.24, 2.45) is 7.05 Å². The van der Waals surface area contributed by atoms with Gasteiger partial charge in [-0.3, -0.25) is 13.8 Å². The number of furan rings is 1. The fraction of sp³-hybridized carbons (Fsp3) is 0.194. The number of amides is 1. The van der Waals surface area contributed by atoms with Crippen molar-refractivity contribution in [2.45, 2.75) is 13.7 Å². The highest BCUT2D eigenvalue weighted by molar-refractivity contribution is 7.92. The molecule has 1 aliphatic rings. The number of fused-ring (bicyclic) bond motifs is 6. The monoisotopic (exact) mass is 614 g/mol. The Morgan fingerprint density at radius 2 is 1.91 bits per heavy atom. The number of sulfonamides is 1. The molecule has 0 saturated carbocycles. The minimum atomic E-state index is -3.72. The molecule has 7 rings (SSSR count). The highest BCUT2D eigenvalue weighted by atomic mass is 32.2. The molecule has 11 nitrogen and oxygen atoms in total. The third-order valence-electron chi connectivity index (χ3n) is 7.97. The van der Waals surface area contributed by atoms with Crippen molar-refractivity contribution < 1.29 is 26.8 Å². The predicted octanol–water partition coefficient (Wildman–Crippen LogP) is 5.07. The maximum atomic E-state index is 14.7. The van der Waals surface area contributed by atoms with Crippen LogP contribution in [0.2, 0.25) is 0 Å². The number of ether oxygens (including phenoxy) is 1. The molecule has 224 valence electrons. The minimum Gasteiger partial charge on any atom is -0.470 e. The molecule has 6 aromatic rings. The number of aromatic nitrogens is 4. The van der Waals surface area contributed by atoms with Crippen molar-refractivity contribution in [1.29, 1.82) is 0 Å². The van der Waals surface area contributed by atoms with Gasteiger partial charge in [0.05, 0.1) is 45.7 Å². The molecule has 0 bridgehead atoms. The molecular formula is C31H27FN6O5S. The van der Waals surface area contributed by atoms with Crippen molar-refractivity contribution in [3.63, 3.8) is 0 Å².